The van der Waals surface area contributed by atoms with E-state index in [1.807, 2.05) is 19.9 Å². The number of allylic oxidation sites excluding steroid dienone is 2. The normalized spacial score (nSPS) is 11.3. The van der Waals surface area contributed by atoms with E-state index in [1.54, 1.807) is 0 Å². The SMILES string of the molecule is C=N/C(C)=C/C. The molecule has 0 spiro atoms. The molecule has 1 heteroatoms. The van der Waals surface area contributed by atoms with Crippen LogP contribution < -0.4 is 0 Å². The van der Waals surface area contributed by atoms with Crippen molar-refractivity contribution in [1.82, 2.24) is 0 Å². The third-order valence-corrected chi connectivity index (χ3v) is 0.667. The van der Waals surface area contributed by atoms with Gasteiger partial charge >= 0.3 is 0 Å². The van der Waals surface area contributed by atoms with Crippen molar-refractivity contribution in [2.24, 2.45) is 4.99 Å². The minimum atomic E-state index is 0.981. The monoisotopic (exact) mass is 83.1 g/mol. The zero-order chi connectivity index (χ0) is 4.99. The zero-order valence-corrected chi connectivity index (χ0v) is 4.23. The lowest BCUT2D eigenvalue weighted by molar-refractivity contribution is 1.30. The zero-order valence-electron chi connectivity index (χ0n) is 4.23. The second-order valence-electron chi connectivity index (χ2n) is 1.09. The smallest absolute Gasteiger partial charge is 0.0322 e. The minimum Gasteiger partial charge on any atom is -0.270 e. The van der Waals surface area contributed by atoms with Gasteiger partial charge in [0.1, 0.15) is 0 Å². The molecule has 0 radical (unpaired) electrons. The minimum absolute atomic E-state index is 0.981. The average molecular weight is 83.1 g/mol. The molecule has 1 nitrogen and oxygen atoms in total. The van der Waals surface area contributed by atoms with Crippen LogP contribution in [0.25, 0.3) is 0 Å². The van der Waals surface area contributed by atoms with Gasteiger partial charge < -0.3 is 0 Å². The summed E-state index contributed by atoms with van der Waals surface area (Å²) in [5.74, 6) is 0. The second kappa shape index (κ2) is 2.64. The number of hydrogen-bond donors (Lipinski definition) is 0. The van der Waals surface area contributed by atoms with Crippen molar-refractivity contribution in [1.29, 1.82) is 0 Å². The average Bonchev–Trinajstić information content (AvgIpc) is 1.65. The predicted octanol–water partition coefficient (Wildman–Crippen LogP) is 1.61. The maximum Gasteiger partial charge on any atom is 0.0322 e. The molecule has 0 aromatic rings. The Hall–Kier alpha value is -0.590. The van der Waals surface area contributed by atoms with E-state index in [9.17, 15) is 0 Å². The fourth-order valence-corrected chi connectivity index (χ4v) is 0.0913. The molecule has 0 aromatic heterocycles. The Morgan fingerprint density at radius 1 is 1.83 bits per heavy atom. The molecule has 0 aliphatic heterocycles. The van der Waals surface area contributed by atoms with Crippen LogP contribution in [-0.4, -0.2) is 6.72 Å². The van der Waals surface area contributed by atoms with Gasteiger partial charge in [-0.2, -0.15) is 0 Å². The third-order valence-electron chi connectivity index (χ3n) is 0.667. The Morgan fingerprint density at radius 2 is 2.33 bits per heavy atom. The van der Waals surface area contributed by atoms with Crippen LogP contribution in [0.2, 0.25) is 0 Å². The maximum absolute atomic E-state index is 3.62. The predicted molar refractivity (Wildman–Crippen MR) is 29.0 cm³/mol. The molecule has 0 atom stereocenters. The summed E-state index contributed by atoms with van der Waals surface area (Å²) in [6, 6.07) is 0. The lowest BCUT2D eigenvalue weighted by atomic mass is 10.5. The van der Waals surface area contributed by atoms with Gasteiger partial charge in [0.15, 0.2) is 0 Å². The highest BCUT2D eigenvalue weighted by Gasteiger charge is 1.67. The summed E-state index contributed by atoms with van der Waals surface area (Å²) in [4.78, 5) is 3.62. The first-order valence-corrected chi connectivity index (χ1v) is 1.91. The molecular weight excluding hydrogens is 74.1 g/mol. The van der Waals surface area contributed by atoms with Crippen LogP contribution in [-0.2, 0) is 0 Å². The van der Waals surface area contributed by atoms with Gasteiger partial charge in [0.05, 0.1) is 0 Å². The van der Waals surface area contributed by atoms with Gasteiger partial charge in [-0.05, 0) is 20.6 Å². The highest BCUT2D eigenvalue weighted by Crippen LogP contribution is 1.87. The van der Waals surface area contributed by atoms with Crippen LogP contribution >= 0.6 is 0 Å². The van der Waals surface area contributed by atoms with Gasteiger partial charge in [-0.1, -0.05) is 6.08 Å². The Kier molecular flexibility index (Phi) is 2.38. The molecule has 0 bridgehead atoms. The van der Waals surface area contributed by atoms with Crippen LogP contribution in [0.4, 0.5) is 0 Å². The molecular formula is C5H9N. The van der Waals surface area contributed by atoms with Crippen molar-refractivity contribution in [3.05, 3.63) is 11.8 Å². The summed E-state index contributed by atoms with van der Waals surface area (Å²) < 4.78 is 0. The van der Waals surface area contributed by atoms with Crippen LogP contribution in [0.1, 0.15) is 13.8 Å². The molecule has 0 aliphatic rings. The van der Waals surface area contributed by atoms with Crippen molar-refractivity contribution in [2.75, 3.05) is 0 Å². The Balaban J connectivity index is 3.50. The maximum atomic E-state index is 3.62. The van der Waals surface area contributed by atoms with Crippen molar-refractivity contribution in [2.45, 2.75) is 13.8 Å². The Bertz CT molecular complexity index is 72.0. The summed E-state index contributed by atoms with van der Waals surface area (Å²) in [5.41, 5.74) is 0.981. The number of nitrogens with zero attached hydrogens (tertiary/aromatic N) is 1. The molecule has 0 aliphatic carbocycles. The van der Waals surface area contributed by atoms with E-state index < -0.39 is 0 Å². The lowest BCUT2D eigenvalue weighted by Crippen LogP contribution is -1.58. The Labute approximate surface area is 38.4 Å². The first kappa shape index (κ1) is 5.41. The summed E-state index contributed by atoms with van der Waals surface area (Å²) >= 11 is 0. The molecule has 0 unspecified atom stereocenters. The van der Waals surface area contributed by atoms with E-state index in [2.05, 4.69) is 11.7 Å². The molecule has 0 fully saturated rings. The molecule has 0 heterocycles. The number of aliphatic imine (C=N–C) groups is 1. The van der Waals surface area contributed by atoms with Gasteiger partial charge in [-0.15, -0.1) is 0 Å². The molecule has 6 heavy (non-hydrogen) atoms. The lowest BCUT2D eigenvalue weighted by Gasteiger charge is -1.78. The van der Waals surface area contributed by atoms with Gasteiger partial charge in [-0.3, -0.25) is 4.99 Å². The topological polar surface area (TPSA) is 12.4 Å². The van der Waals surface area contributed by atoms with Gasteiger partial charge in [-0.25, -0.2) is 0 Å². The van der Waals surface area contributed by atoms with Crippen LogP contribution in [0.15, 0.2) is 16.8 Å². The highest BCUT2D eigenvalue weighted by molar-refractivity contribution is 5.27. The second-order valence-corrected chi connectivity index (χ2v) is 1.09. The van der Waals surface area contributed by atoms with Crippen molar-refractivity contribution < 1.29 is 0 Å². The van der Waals surface area contributed by atoms with E-state index in [1.165, 1.54) is 0 Å². The van der Waals surface area contributed by atoms with E-state index in [0.717, 1.165) is 5.70 Å². The van der Waals surface area contributed by atoms with Crippen LogP contribution in [0.3, 0.4) is 0 Å². The quantitative estimate of drug-likeness (QED) is 0.427. The molecule has 0 aromatic carbocycles. The number of rotatable bonds is 1. The number of hydrogen-bond acceptors (Lipinski definition) is 1. The first-order valence-electron chi connectivity index (χ1n) is 1.91. The fraction of sp³-hybridized carbons (Fsp3) is 0.400. The first-order chi connectivity index (χ1) is 2.81. The van der Waals surface area contributed by atoms with Crippen molar-refractivity contribution >= 4 is 6.72 Å². The molecule has 0 N–H and O–H groups in total. The Morgan fingerprint density at radius 3 is 2.33 bits per heavy atom. The van der Waals surface area contributed by atoms with E-state index in [4.69, 9.17) is 0 Å². The standard InChI is InChI=1S/C5H9N/c1-4-5(2)6-3/h4H,3H2,1-2H3/b5-4+. The molecule has 0 saturated carbocycles. The molecule has 0 amide bonds. The van der Waals surface area contributed by atoms with Gasteiger partial charge in [0.2, 0.25) is 0 Å². The van der Waals surface area contributed by atoms with E-state index in [0.29, 0.717) is 0 Å². The third kappa shape index (κ3) is 1.70. The summed E-state index contributed by atoms with van der Waals surface area (Å²) in [5, 5.41) is 0. The van der Waals surface area contributed by atoms with Crippen LogP contribution in [0, 0.1) is 0 Å². The molecule has 0 saturated heterocycles. The summed E-state index contributed by atoms with van der Waals surface area (Å²) in [6.07, 6.45) is 1.91. The van der Waals surface area contributed by atoms with E-state index in [-0.39, 0.29) is 0 Å². The van der Waals surface area contributed by atoms with Gasteiger partial charge in [0, 0.05) is 5.70 Å². The summed E-state index contributed by atoms with van der Waals surface area (Å²) in [6.45, 7) is 7.16. The van der Waals surface area contributed by atoms with Crippen molar-refractivity contribution in [3.8, 4) is 0 Å². The van der Waals surface area contributed by atoms with Gasteiger partial charge in [0.25, 0.3) is 0 Å². The molecule has 34 valence electrons. The summed E-state index contributed by atoms with van der Waals surface area (Å²) in [7, 11) is 0. The largest absolute Gasteiger partial charge is 0.270 e. The van der Waals surface area contributed by atoms with Crippen LogP contribution in [0.5, 0.6) is 0 Å². The fourth-order valence-electron chi connectivity index (χ4n) is 0.0913. The molecule has 0 rings (SSSR count). The van der Waals surface area contributed by atoms with E-state index >= 15 is 0 Å². The highest BCUT2D eigenvalue weighted by atomic mass is 14.7. The van der Waals surface area contributed by atoms with Crippen molar-refractivity contribution in [3.63, 3.8) is 0 Å².